The van der Waals surface area contributed by atoms with Gasteiger partial charge in [0.15, 0.2) is 0 Å². The molecule has 0 heterocycles. The molecule has 1 unspecified atom stereocenters. The first kappa shape index (κ1) is 16.3. The van der Waals surface area contributed by atoms with Crippen molar-refractivity contribution in [1.82, 2.24) is 4.31 Å². The Hall–Kier alpha value is -1.71. The van der Waals surface area contributed by atoms with Gasteiger partial charge in [0.25, 0.3) is 5.69 Å². The molecule has 0 aliphatic heterocycles. The highest BCUT2D eigenvalue weighted by Gasteiger charge is 2.27. The molecule has 1 aromatic carbocycles. The molecule has 1 atom stereocenters. The van der Waals surface area contributed by atoms with E-state index in [2.05, 4.69) is 5.32 Å². The van der Waals surface area contributed by atoms with Crippen LogP contribution in [0.25, 0.3) is 0 Å². The topological polar surface area (TPSA) is 113 Å². The van der Waals surface area contributed by atoms with Gasteiger partial charge in [0.2, 0.25) is 10.0 Å². The Bertz CT molecular complexity index is 602. The highest BCUT2D eigenvalue weighted by atomic mass is 32.2. The maximum atomic E-state index is 12.3. The normalized spacial score (nSPS) is 13.2. The SMILES string of the molecule is CNc1ccc(S(=O)(=O)N(C)C(C)CO)cc1[N+](=O)[O-]. The van der Waals surface area contributed by atoms with Crippen molar-refractivity contribution in [2.24, 2.45) is 0 Å². The third kappa shape index (κ3) is 3.06. The van der Waals surface area contributed by atoms with Gasteiger partial charge in [-0.2, -0.15) is 4.31 Å². The summed E-state index contributed by atoms with van der Waals surface area (Å²) < 4.78 is 25.5. The highest BCUT2D eigenvalue weighted by molar-refractivity contribution is 7.89. The first-order valence-corrected chi connectivity index (χ1v) is 7.24. The average molecular weight is 303 g/mol. The maximum absolute atomic E-state index is 12.3. The molecule has 0 saturated heterocycles. The van der Waals surface area contributed by atoms with E-state index < -0.39 is 21.0 Å². The zero-order chi connectivity index (χ0) is 15.5. The van der Waals surface area contributed by atoms with E-state index in [0.717, 1.165) is 10.4 Å². The Labute approximate surface area is 117 Å². The fourth-order valence-electron chi connectivity index (χ4n) is 1.55. The van der Waals surface area contributed by atoms with Gasteiger partial charge < -0.3 is 10.4 Å². The molecule has 0 aromatic heterocycles. The van der Waals surface area contributed by atoms with Crippen molar-refractivity contribution in [3.8, 4) is 0 Å². The molecule has 0 aliphatic carbocycles. The predicted octanol–water partition coefficient (Wildman–Crippen LogP) is 0.638. The van der Waals surface area contributed by atoms with Crippen molar-refractivity contribution in [2.75, 3.05) is 26.0 Å². The Morgan fingerprint density at radius 3 is 2.55 bits per heavy atom. The molecular weight excluding hydrogens is 286 g/mol. The van der Waals surface area contributed by atoms with Gasteiger partial charge in [0.1, 0.15) is 5.69 Å². The van der Waals surface area contributed by atoms with Crippen LogP contribution in [0.2, 0.25) is 0 Å². The minimum atomic E-state index is -3.89. The highest BCUT2D eigenvalue weighted by Crippen LogP contribution is 2.28. The Balaban J connectivity index is 3.33. The van der Waals surface area contributed by atoms with E-state index in [9.17, 15) is 18.5 Å². The van der Waals surface area contributed by atoms with E-state index in [0.29, 0.717) is 0 Å². The molecular formula is C11H17N3O5S. The van der Waals surface area contributed by atoms with Crippen molar-refractivity contribution in [1.29, 1.82) is 0 Å². The number of rotatable bonds is 6. The lowest BCUT2D eigenvalue weighted by molar-refractivity contribution is -0.384. The lowest BCUT2D eigenvalue weighted by atomic mass is 10.3. The number of nitrogens with one attached hydrogen (secondary N) is 1. The van der Waals surface area contributed by atoms with Crippen LogP contribution >= 0.6 is 0 Å². The van der Waals surface area contributed by atoms with Crippen molar-refractivity contribution in [2.45, 2.75) is 17.9 Å². The van der Waals surface area contributed by atoms with Crippen LogP contribution in [0.1, 0.15) is 6.92 Å². The second kappa shape index (κ2) is 6.16. The Morgan fingerprint density at radius 2 is 2.10 bits per heavy atom. The molecule has 0 amide bonds. The molecule has 1 aromatic rings. The van der Waals surface area contributed by atoms with Gasteiger partial charge in [-0.05, 0) is 19.1 Å². The standard InChI is InChI=1S/C11H17N3O5S/c1-8(7-15)13(3)20(18,19)9-4-5-10(12-2)11(6-9)14(16)17/h4-6,8,12,15H,7H2,1-3H3. The quantitative estimate of drug-likeness (QED) is 0.589. The fourth-order valence-corrected chi connectivity index (χ4v) is 2.93. The van der Waals surface area contributed by atoms with Gasteiger partial charge in [0.05, 0.1) is 16.4 Å². The molecule has 0 radical (unpaired) electrons. The lowest BCUT2D eigenvalue weighted by Crippen LogP contribution is -2.37. The summed E-state index contributed by atoms with van der Waals surface area (Å²) in [7, 11) is -1.07. The second-order valence-corrected chi connectivity index (χ2v) is 6.24. The van der Waals surface area contributed by atoms with Crippen LogP contribution in [-0.2, 0) is 10.0 Å². The molecule has 0 bridgehead atoms. The molecule has 0 spiro atoms. The molecule has 20 heavy (non-hydrogen) atoms. The van der Waals surface area contributed by atoms with E-state index in [1.54, 1.807) is 0 Å². The van der Waals surface area contributed by atoms with Crippen LogP contribution in [0.5, 0.6) is 0 Å². The number of sulfonamides is 1. The number of benzene rings is 1. The lowest BCUT2D eigenvalue weighted by Gasteiger charge is -2.22. The summed E-state index contributed by atoms with van der Waals surface area (Å²) in [6, 6.07) is 3.00. The van der Waals surface area contributed by atoms with Crippen molar-refractivity contribution in [3.05, 3.63) is 28.3 Å². The van der Waals surface area contributed by atoms with Gasteiger partial charge in [-0.25, -0.2) is 8.42 Å². The number of nitro benzene ring substituents is 1. The van der Waals surface area contributed by atoms with Crippen LogP contribution in [-0.4, -0.2) is 49.5 Å². The maximum Gasteiger partial charge on any atom is 0.293 e. The summed E-state index contributed by atoms with van der Waals surface area (Å²) in [5.74, 6) is 0. The van der Waals surface area contributed by atoms with Gasteiger partial charge in [-0.15, -0.1) is 0 Å². The molecule has 2 N–H and O–H groups in total. The van der Waals surface area contributed by atoms with E-state index in [1.807, 2.05) is 0 Å². The van der Waals surface area contributed by atoms with Gasteiger partial charge in [-0.1, -0.05) is 0 Å². The summed E-state index contributed by atoms with van der Waals surface area (Å²) in [5, 5.41) is 22.6. The average Bonchev–Trinajstić information content (AvgIpc) is 2.44. The zero-order valence-corrected chi connectivity index (χ0v) is 12.2. The number of nitrogens with zero attached hydrogens (tertiary/aromatic N) is 2. The summed E-state index contributed by atoms with van der Waals surface area (Å²) in [6.45, 7) is 1.19. The number of nitro groups is 1. The second-order valence-electron chi connectivity index (χ2n) is 4.24. The minimum Gasteiger partial charge on any atom is -0.395 e. The van der Waals surface area contributed by atoms with Crippen LogP contribution in [0.3, 0.4) is 0 Å². The fraction of sp³-hybridized carbons (Fsp3) is 0.455. The number of hydrogen-bond acceptors (Lipinski definition) is 6. The van der Waals surface area contributed by atoms with Crippen molar-refractivity contribution >= 4 is 21.4 Å². The number of likely N-dealkylation sites (N-methyl/N-ethyl adjacent to an activating group) is 1. The molecule has 8 nitrogen and oxygen atoms in total. The molecule has 0 saturated carbocycles. The monoisotopic (exact) mass is 303 g/mol. The van der Waals surface area contributed by atoms with E-state index in [-0.39, 0.29) is 22.9 Å². The first-order valence-electron chi connectivity index (χ1n) is 5.80. The molecule has 1 rings (SSSR count). The molecule has 0 fully saturated rings. The van der Waals surface area contributed by atoms with Gasteiger partial charge in [-0.3, -0.25) is 10.1 Å². The van der Waals surface area contributed by atoms with Gasteiger partial charge >= 0.3 is 0 Å². The van der Waals surface area contributed by atoms with E-state index >= 15 is 0 Å². The number of aliphatic hydroxyl groups is 1. The van der Waals surface area contributed by atoms with E-state index in [1.165, 1.54) is 33.2 Å². The summed E-state index contributed by atoms with van der Waals surface area (Å²) in [5.41, 5.74) is -0.0922. The van der Waals surface area contributed by atoms with Crippen LogP contribution in [0.15, 0.2) is 23.1 Å². The number of hydrogen-bond donors (Lipinski definition) is 2. The molecule has 0 aliphatic rings. The molecule has 9 heteroatoms. The Morgan fingerprint density at radius 1 is 1.50 bits per heavy atom. The van der Waals surface area contributed by atoms with Crippen LogP contribution in [0.4, 0.5) is 11.4 Å². The van der Waals surface area contributed by atoms with Crippen LogP contribution < -0.4 is 5.32 Å². The largest absolute Gasteiger partial charge is 0.395 e. The number of anilines is 1. The summed E-state index contributed by atoms with van der Waals surface area (Å²) in [4.78, 5) is 10.1. The predicted molar refractivity (Wildman–Crippen MR) is 74.1 cm³/mol. The van der Waals surface area contributed by atoms with E-state index in [4.69, 9.17) is 5.11 Å². The smallest absolute Gasteiger partial charge is 0.293 e. The number of aliphatic hydroxyl groups excluding tert-OH is 1. The zero-order valence-electron chi connectivity index (χ0n) is 11.4. The van der Waals surface area contributed by atoms with Crippen molar-refractivity contribution in [3.63, 3.8) is 0 Å². The van der Waals surface area contributed by atoms with Crippen LogP contribution in [0, 0.1) is 10.1 Å². The molecule has 112 valence electrons. The third-order valence-electron chi connectivity index (χ3n) is 3.00. The summed E-state index contributed by atoms with van der Waals surface area (Å²) in [6.07, 6.45) is 0. The third-order valence-corrected chi connectivity index (χ3v) is 4.96. The van der Waals surface area contributed by atoms with Gasteiger partial charge in [0, 0.05) is 26.2 Å². The van der Waals surface area contributed by atoms with Crippen molar-refractivity contribution < 1.29 is 18.4 Å². The first-order chi connectivity index (χ1) is 9.25. The minimum absolute atomic E-state index is 0.189. The summed E-state index contributed by atoms with van der Waals surface area (Å²) >= 11 is 0. The Kier molecular flexibility index (Phi) is 5.03.